The number of nitrogens with zero attached hydrogens (tertiary/aromatic N) is 3. The van der Waals surface area contributed by atoms with Gasteiger partial charge in [0.15, 0.2) is 17.1 Å². The quantitative estimate of drug-likeness (QED) is 0.280. The van der Waals surface area contributed by atoms with E-state index in [1.807, 2.05) is 12.1 Å². The van der Waals surface area contributed by atoms with Crippen LogP contribution in [0.25, 0.3) is 0 Å². The summed E-state index contributed by atoms with van der Waals surface area (Å²) in [5.41, 5.74) is 0. The van der Waals surface area contributed by atoms with E-state index in [2.05, 4.69) is 57.3 Å². The van der Waals surface area contributed by atoms with Gasteiger partial charge in [0.2, 0.25) is 0 Å². The molecule has 1 fully saturated rings. The summed E-state index contributed by atoms with van der Waals surface area (Å²) in [6, 6.07) is 5.16. The summed E-state index contributed by atoms with van der Waals surface area (Å²) in [6.45, 7) is 15.6. The highest BCUT2D eigenvalue weighted by molar-refractivity contribution is 9.10. The second-order valence-electron chi connectivity index (χ2n) is 7.36. The standard InChI is InChI=1S/C17H30BrN3O2Si/c1-5-20-8-10-21(11-9-20)16-7-6-15(17(18)19-16)23-14-22-12-13-24(2,3)4/h6-7H,5,8-14H2,1-4H3. The van der Waals surface area contributed by atoms with E-state index in [0.29, 0.717) is 0 Å². The van der Waals surface area contributed by atoms with E-state index in [1.165, 1.54) is 0 Å². The van der Waals surface area contributed by atoms with Gasteiger partial charge in [-0.25, -0.2) is 4.98 Å². The third-order valence-corrected chi connectivity index (χ3v) is 6.51. The molecule has 2 rings (SSSR count). The van der Waals surface area contributed by atoms with Crippen LogP contribution in [-0.4, -0.2) is 64.1 Å². The van der Waals surface area contributed by atoms with Crippen LogP contribution in [0.15, 0.2) is 16.7 Å². The van der Waals surface area contributed by atoms with Crippen LogP contribution in [-0.2, 0) is 4.74 Å². The Morgan fingerprint density at radius 1 is 1.17 bits per heavy atom. The topological polar surface area (TPSA) is 37.8 Å². The zero-order chi connectivity index (χ0) is 17.6. The molecular formula is C17H30BrN3O2Si. The summed E-state index contributed by atoms with van der Waals surface area (Å²) in [6.07, 6.45) is 0. The van der Waals surface area contributed by atoms with Crippen LogP contribution >= 0.6 is 15.9 Å². The van der Waals surface area contributed by atoms with E-state index >= 15 is 0 Å². The van der Waals surface area contributed by atoms with Gasteiger partial charge in [-0.15, -0.1) is 0 Å². The molecule has 0 aromatic carbocycles. The second kappa shape index (κ2) is 9.17. The number of likely N-dealkylation sites (N-methyl/N-ethyl adjacent to an activating group) is 1. The van der Waals surface area contributed by atoms with Crippen LogP contribution in [0.4, 0.5) is 5.82 Å². The maximum Gasteiger partial charge on any atom is 0.189 e. The molecule has 5 nitrogen and oxygen atoms in total. The number of hydrogen-bond acceptors (Lipinski definition) is 5. The predicted molar refractivity (Wildman–Crippen MR) is 106 cm³/mol. The Balaban J connectivity index is 1.80. The molecule has 2 heterocycles. The molecule has 0 atom stereocenters. The Labute approximate surface area is 155 Å². The molecule has 0 amide bonds. The number of hydrogen-bond donors (Lipinski definition) is 0. The molecular weight excluding hydrogens is 386 g/mol. The van der Waals surface area contributed by atoms with Crippen molar-refractivity contribution in [2.24, 2.45) is 0 Å². The molecule has 1 aliphatic rings. The molecule has 0 bridgehead atoms. The molecule has 7 heteroatoms. The monoisotopic (exact) mass is 415 g/mol. The van der Waals surface area contributed by atoms with Gasteiger partial charge in [-0.1, -0.05) is 26.6 Å². The molecule has 0 spiro atoms. The SMILES string of the molecule is CCN1CCN(c2ccc(OCOCC[Si](C)(C)C)c(Br)n2)CC1. The van der Waals surface area contributed by atoms with Crippen molar-refractivity contribution in [2.75, 3.05) is 51.0 Å². The number of ether oxygens (including phenoxy) is 2. The minimum atomic E-state index is -1.04. The molecule has 0 unspecified atom stereocenters. The summed E-state index contributed by atoms with van der Waals surface area (Å²) >= 11 is 3.52. The van der Waals surface area contributed by atoms with Crippen LogP contribution < -0.4 is 9.64 Å². The van der Waals surface area contributed by atoms with Crippen molar-refractivity contribution < 1.29 is 9.47 Å². The number of aromatic nitrogens is 1. The molecule has 0 N–H and O–H groups in total. The number of anilines is 1. The van der Waals surface area contributed by atoms with Crippen LogP contribution in [0.2, 0.25) is 25.7 Å². The number of pyridine rings is 1. The van der Waals surface area contributed by atoms with Crippen LogP contribution in [0.5, 0.6) is 5.75 Å². The average molecular weight is 416 g/mol. The van der Waals surface area contributed by atoms with Gasteiger partial charge in [-0.3, -0.25) is 0 Å². The molecule has 24 heavy (non-hydrogen) atoms. The average Bonchev–Trinajstić information content (AvgIpc) is 2.55. The van der Waals surface area contributed by atoms with Gasteiger partial charge in [-0.2, -0.15) is 0 Å². The summed E-state index contributed by atoms with van der Waals surface area (Å²) in [5.74, 6) is 1.74. The van der Waals surface area contributed by atoms with E-state index in [1.54, 1.807) is 0 Å². The Bertz CT molecular complexity index is 517. The first-order chi connectivity index (χ1) is 11.4. The van der Waals surface area contributed by atoms with E-state index in [0.717, 1.165) is 61.5 Å². The fourth-order valence-corrected chi connectivity index (χ4v) is 3.72. The molecule has 136 valence electrons. The summed E-state index contributed by atoms with van der Waals surface area (Å²) in [5, 5.41) is 0. The first-order valence-electron chi connectivity index (χ1n) is 8.73. The summed E-state index contributed by atoms with van der Waals surface area (Å²) < 4.78 is 12.0. The molecule has 1 aliphatic heterocycles. The second-order valence-corrected chi connectivity index (χ2v) is 13.7. The Kier molecular flexibility index (Phi) is 7.52. The lowest BCUT2D eigenvalue weighted by Gasteiger charge is -2.34. The van der Waals surface area contributed by atoms with E-state index in [9.17, 15) is 0 Å². The van der Waals surface area contributed by atoms with E-state index < -0.39 is 8.07 Å². The van der Waals surface area contributed by atoms with Gasteiger partial charge in [0.25, 0.3) is 0 Å². The highest BCUT2D eigenvalue weighted by atomic mass is 79.9. The minimum Gasteiger partial charge on any atom is -0.465 e. The molecule has 1 aromatic heterocycles. The lowest BCUT2D eigenvalue weighted by molar-refractivity contribution is 0.0213. The fourth-order valence-electron chi connectivity index (χ4n) is 2.53. The van der Waals surface area contributed by atoms with Crippen molar-refractivity contribution in [3.05, 3.63) is 16.7 Å². The van der Waals surface area contributed by atoms with Crippen molar-refractivity contribution in [1.29, 1.82) is 0 Å². The molecule has 0 radical (unpaired) electrons. The zero-order valence-electron chi connectivity index (χ0n) is 15.3. The number of piperazine rings is 1. The zero-order valence-corrected chi connectivity index (χ0v) is 17.9. The van der Waals surface area contributed by atoms with Crippen molar-refractivity contribution >= 4 is 29.8 Å². The van der Waals surface area contributed by atoms with E-state index in [4.69, 9.17) is 9.47 Å². The maximum absolute atomic E-state index is 5.69. The summed E-state index contributed by atoms with van der Waals surface area (Å²) in [7, 11) is -1.04. The highest BCUT2D eigenvalue weighted by Crippen LogP contribution is 2.26. The maximum atomic E-state index is 5.69. The van der Waals surface area contributed by atoms with Crippen molar-refractivity contribution in [1.82, 2.24) is 9.88 Å². The largest absolute Gasteiger partial charge is 0.465 e. The molecule has 0 saturated carbocycles. The number of rotatable bonds is 8. The van der Waals surface area contributed by atoms with Gasteiger partial charge in [-0.05, 0) is 40.7 Å². The third-order valence-electron chi connectivity index (χ3n) is 4.24. The lowest BCUT2D eigenvalue weighted by Crippen LogP contribution is -2.46. The summed E-state index contributed by atoms with van der Waals surface area (Å²) in [4.78, 5) is 9.42. The van der Waals surface area contributed by atoms with Gasteiger partial charge in [0, 0.05) is 40.9 Å². The Hall–Kier alpha value is -0.633. The predicted octanol–water partition coefficient (Wildman–Crippen LogP) is 3.68. The molecule has 1 saturated heterocycles. The van der Waals surface area contributed by atoms with Crippen molar-refractivity contribution in [3.63, 3.8) is 0 Å². The van der Waals surface area contributed by atoms with Gasteiger partial charge >= 0.3 is 0 Å². The first kappa shape index (κ1) is 19.7. The Morgan fingerprint density at radius 3 is 2.46 bits per heavy atom. The van der Waals surface area contributed by atoms with Gasteiger partial charge < -0.3 is 19.3 Å². The third kappa shape index (κ3) is 6.35. The van der Waals surface area contributed by atoms with Crippen LogP contribution in [0.3, 0.4) is 0 Å². The van der Waals surface area contributed by atoms with Crippen molar-refractivity contribution in [3.8, 4) is 5.75 Å². The van der Waals surface area contributed by atoms with Gasteiger partial charge in [0.1, 0.15) is 5.82 Å². The number of halogens is 1. The molecule has 0 aliphatic carbocycles. The lowest BCUT2D eigenvalue weighted by atomic mass is 10.3. The van der Waals surface area contributed by atoms with E-state index in [-0.39, 0.29) is 6.79 Å². The fraction of sp³-hybridized carbons (Fsp3) is 0.706. The molecule has 1 aromatic rings. The normalized spacial score (nSPS) is 16.5. The van der Waals surface area contributed by atoms with Crippen LogP contribution in [0.1, 0.15) is 6.92 Å². The minimum absolute atomic E-state index is 0.277. The van der Waals surface area contributed by atoms with Crippen molar-refractivity contribution in [2.45, 2.75) is 32.6 Å². The van der Waals surface area contributed by atoms with Gasteiger partial charge in [0.05, 0.1) is 0 Å². The first-order valence-corrected chi connectivity index (χ1v) is 13.2. The Morgan fingerprint density at radius 2 is 1.88 bits per heavy atom. The highest BCUT2D eigenvalue weighted by Gasteiger charge is 2.18. The smallest absolute Gasteiger partial charge is 0.189 e. The van der Waals surface area contributed by atoms with Crippen LogP contribution in [0, 0.1) is 0 Å².